The van der Waals surface area contributed by atoms with E-state index in [-0.39, 0.29) is 12.2 Å². The number of esters is 1. The molecule has 7 heteroatoms. The lowest BCUT2D eigenvalue weighted by Gasteiger charge is -2.21. The minimum atomic E-state index is -1.25. The van der Waals surface area contributed by atoms with Crippen molar-refractivity contribution in [3.05, 3.63) is 71.5 Å². The van der Waals surface area contributed by atoms with Gasteiger partial charge in [-0.2, -0.15) is 0 Å². The molecule has 26 heavy (non-hydrogen) atoms. The van der Waals surface area contributed by atoms with Gasteiger partial charge in [-0.15, -0.1) is 0 Å². The van der Waals surface area contributed by atoms with Gasteiger partial charge >= 0.3 is 12.0 Å². The van der Waals surface area contributed by atoms with E-state index in [9.17, 15) is 18.8 Å². The van der Waals surface area contributed by atoms with Crippen molar-refractivity contribution in [2.45, 2.75) is 19.1 Å². The van der Waals surface area contributed by atoms with E-state index < -0.39 is 35.8 Å². The summed E-state index contributed by atoms with van der Waals surface area (Å²) in [5, 5.41) is 2.60. The summed E-state index contributed by atoms with van der Waals surface area (Å²) in [6.07, 6.45) is 0. The van der Waals surface area contributed by atoms with E-state index in [1.807, 2.05) is 0 Å². The average Bonchev–Trinajstić information content (AvgIpc) is 2.86. The molecule has 0 aliphatic carbocycles. The second-order valence-corrected chi connectivity index (χ2v) is 6.06. The number of urea groups is 1. The lowest BCUT2D eigenvalue weighted by molar-refractivity contribution is -0.148. The van der Waals surface area contributed by atoms with E-state index in [0.717, 1.165) is 4.90 Å². The fourth-order valence-electron chi connectivity index (χ4n) is 2.76. The van der Waals surface area contributed by atoms with Crippen LogP contribution in [0, 0.1) is 5.82 Å². The van der Waals surface area contributed by atoms with Gasteiger partial charge in [0.1, 0.15) is 24.5 Å². The summed E-state index contributed by atoms with van der Waals surface area (Å²) in [5.41, 5.74) is -0.419. The van der Waals surface area contributed by atoms with E-state index in [2.05, 4.69) is 5.32 Å². The summed E-state index contributed by atoms with van der Waals surface area (Å²) in [6.45, 7) is 0.764. The Hall–Kier alpha value is -3.22. The Morgan fingerprint density at radius 1 is 1.12 bits per heavy atom. The topological polar surface area (TPSA) is 75.7 Å². The van der Waals surface area contributed by atoms with Crippen LogP contribution in [0.4, 0.5) is 9.18 Å². The molecule has 6 nitrogen and oxygen atoms in total. The van der Waals surface area contributed by atoms with Gasteiger partial charge in [0.2, 0.25) is 0 Å². The van der Waals surface area contributed by atoms with Crippen LogP contribution in [0.3, 0.4) is 0 Å². The molecule has 1 heterocycles. The highest BCUT2D eigenvalue weighted by Crippen LogP contribution is 2.28. The van der Waals surface area contributed by atoms with Crippen molar-refractivity contribution in [1.82, 2.24) is 10.2 Å². The molecule has 1 aliphatic heterocycles. The zero-order valence-electron chi connectivity index (χ0n) is 14.1. The Kier molecular flexibility index (Phi) is 4.71. The summed E-state index contributed by atoms with van der Waals surface area (Å²) in [5.74, 6) is -1.84. The first kappa shape index (κ1) is 17.6. The number of nitrogens with one attached hydrogen (secondary N) is 1. The molecule has 134 valence electrons. The van der Waals surface area contributed by atoms with Crippen LogP contribution >= 0.6 is 0 Å². The maximum absolute atomic E-state index is 13.5. The van der Waals surface area contributed by atoms with Gasteiger partial charge < -0.3 is 10.1 Å². The molecule has 1 fully saturated rings. The number of hydrogen-bond acceptors (Lipinski definition) is 4. The third kappa shape index (κ3) is 3.28. The van der Waals surface area contributed by atoms with Crippen LogP contribution < -0.4 is 5.32 Å². The van der Waals surface area contributed by atoms with E-state index in [1.54, 1.807) is 43.3 Å². The predicted molar refractivity (Wildman–Crippen MR) is 90.2 cm³/mol. The van der Waals surface area contributed by atoms with Crippen molar-refractivity contribution in [3.8, 4) is 0 Å². The van der Waals surface area contributed by atoms with Gasteiger partial charge in [0, 0.05) is 5.56 Å². The van der Waals surface area contributed by atoms with Crippen molar-refractivity contribution in [2.75, 3.05) is 6.54 Å². The lowest BCUT2D eigenvalue weighted by atomic mass is 9.92. The second kappa shape index (κ2) is 6.95. The molecule has 2 aromatic rings. The third-order valence-corrected chi connectivity index (χ3v) is 4.26. The van der Waals surface area contributed by atoms with Crippen molar-refractivity contribution in [2.24, 2.45) is 0 Å². The Bertz CT molecular complexity index is 856. The number of ether oxygens (including phenoxy) is 1. The van der Waals surface area contributed by atoms with Crippen LogP contribution in [-0.4, -0.2) is 29.4 Å². The van der Waals surface area contributed by atoms with Crippen molar-refractivity contribution < 1.29 is 23.5 Å². The van der Waals surface area contributed by atoms with Crippen LogP contribution in [0.2, 0.25) is 0 Å². The second-order valence-electron chi connectivity index (χ2n) is 6.06. The Morgan fingerprint density at radius 2 is 1.77 bits per heavy atom. The SMILES string of the molecule is C[C@]1(c2ccccc2)NC(=O)N(CC(=O)OCc2ccccc2F)C1=O. The standard InChI is InChI=1S/C19H17FN2O4/c1-19(14-8-3-2-4-9-14)17(24)22(18(25)21-19)11-16(23)26-12-13-7-5-6-10-15(13)20/h2-10H,11-12H2,1H3,(H,21,25)/t19-/m1/s1. The van der Waals surface area contributed by atoms with Crippen LogP contribution in [0.15, 0.2) is 54.6 Å². The van der Waals surface area contributed by atoms with Crippen LogP contribution in [0.1, 0.15) is 18.1 Å². The molecule has 0 spiro atoms. The number of carbonyl (C=O) groups is 3. The fraction of sp³-hybridized carbons (Fsp3) is 0.211. The maximum atomic E-state index is 13.5. The number of rotatable bonds is 5. The number of benzene rings is 2. The van der Waals surface area contributed by atoms with Gasteiger partial charge in [0.05, 0.1) is 0 Å². The summed E-state index contributed by atoms with van der Waals surface area (Å²) < 4.78 is 18.5. The number of amides is 3. The minimum absolute atomic E-state index is 0.215. The van der Waals surface area contributed by atoms with Gasteiger partial charge in [-0.1, -0.05) is 48.5 Å². The summed E-state index contributed by atoms with van der Waals surface area (Å²) in [6, 6.07) is 14.0. The Morgan fingerprint density at radius 3 is 2.46 bits per heavy atom. The number of carbonyl (C=O) groups excluding carboxylic acids is 3. The molecule has 0 unspecified atom stereocenters. The molecule has 3 amide bonds. The molecule has 0 aromatic heterocycles. The molecular weight excluding hydrogens is 339 g/mol. The predicted octanol–water partition coefficient (Wildman–Crippen LogP) is 2.34. The van der Waals surface area contributed by atoms with E-state index >= 15 is 0 Å². The van der Waals surface area contributed by atoms with Crippen molar-refractivity contribution >= 4 is 17.9 Å². The zero-order chi connectivity index (χ0) is 18.7. The van der Waals surface area contributed by atoms with Gasteiger partial charge in [-0.05, 0) is 18.6 Å². The van der Waals surface area contributed by atoms with Crippen molar-refractivity contribution in [3.63, 3.8) is 0 Å². The summed E-state index contributed by atoms with van der Waals surface area (Å²) in [4.78, 5) is 37.6. The molecule has 0 bridgehead atoms. The fourth-order valence-corrected chi connectivity index (χ4v) is 2.76. The molecule has 1 atom stereocenters. The van der Waals surface area contributed by atoms with E-state index in [0.29, 0.717) is 5.56 Å². The molecule has 1 N–H and O–H groups in total. The highest BCUT2D eigenvalue weighted by Gasteiger charge is 2.49. The number of hydrogen-bond donors (Lipinski definition) is 1. The van der Waals surface area contributed by atoms with E-state index in [4.69, 9.17) is 4.74 Å². The zero-order valence-corrected chi connectivity index (χ0v) is 14.1. The highest BCUT2D eigenvalue weighted by molar-refractivity contribution is 6.08. The molecular formula is C19H17FN2O4. The number of halogens is 1. The Labute approximate surface area is 149 Å². The lowest BCUT2D eigenvalue weighted by Crippen LogP contribution is -2.41. The highest BCUT2D eigenvalue weighted by atomic mass is 19.1. The number of imide groups is 1. The van der Waals surface area contributed by atoms with Gasteiger partial charge in [0.15, 0.2) is 0 Å². The van der Waals surface area contributed by atoms with Crippen LogP contribution in [-0.2, 0) is 26.5 Å². The average molecular weight is 356 g/mol. The van der Waals surface area contributed by atoms with Gasteiger partial charge in [-0.25, -0.2) is 9.18 Å². The van der Waals surface area contributed by atoms with Crippen LogP contribution in [0.25, 0.3) is 0 Å². The van der Waals surface area contributed by atoms with Gasteiger partial charge in [-0.3, -0.25) is 14.5 Å². The molecule has 1 aliphatic rings. The van der Waals surface area contributed by atoms with Crippen molar-refractivity contribution in [1.29, 1.82) is 0 Å². The normalized spacial score (nSPS) is 19.4. The first-order valence-electron chi connectivity index (χ1n) is 8.00. The quantitative estimate of drug-likeness (QED) is 0.659. The van der Waals surface area contributed by atoms with Crippen LogP contribution in [0.5, 0.6) is 0 Å². The monoisotopic (exact) mass is 356 g/mol. The largest absolute Gasteiger partial charge is 0.459 e. The molecule has 1 saturated heterocycles. The van der Waals surface area contributed by atoms with Gasteiger partial charge in [0.25, 0.3) is 5.91 Å². The summed E-state index contributed by atoms with van der Waals surface area (Å²) in [7, 11) is 0. The molecule has 2 aromatic carbocycles. The first-order valence-corrected chi connectivity index (χ1v) is 8.00. The first-order chi connectivity index (χ1) is 12.4. The maximum Gasteiger partial charge on any atom is 0.326 e. The number of nitrogens with zero attached hydrogens (tertiary/aromatic N) is 1. The molecule has 0 saturated carbocycles. The minimum Gasteiger partial charge on any atom is -0.459 e. The third-order valence-electron chi connectivity index (χ3n) is 4.26. The molecule has 3 rings (SSSR count). The Balaban J connectivity index is 1.66. The smallest absolute Gasteiger partial charge is 0.326 e. The van der Waals surface area contributed by atoms with E-state index in [1.165, 1.54) is 18.2 Å². The summed E-state index contributed by atoms with van der Waals surface area (Å²) >= 11 is 0. The molecule has 0 radical (unpaired) electrons.